The second kappa shape index (κ2) is 6.81. The van der Waals surface area contributed by atoms with Crippen LogP contribution in [0.15, 0.2) is 30.3 Å². The number of amides is 1. The largest absolute Gasteiger partial charge is 0.329 e. The molecule has 122 valence electrons. The van der Waals surface area contributed by atoms with E-state index < -0.39 is 0 Å². The van der Waals surface area contributed by atoms with Crippen LogP contribution in [0.1, 0.15) is 44.8 Å². The Morgan fingerprint density at radius 2 is 2.17 bits per heavy atom. The fraction of sp³-hybridized carbons (Fsp3) is 0.444. The third kappa shape index (κ3) is 3.62. The lowest BCUT2D eigenvalue weighted by atomic mass is 10.1. The third-order valence-corrected chi connectivity index (χ3v) is 5.10. The minimum absolute atomic E-state index is 0.104. The molecule has 1 aliphatic rings. The van der Waals surface area contributed by atoms with Crippen molar-refractivity contribution in [2.75, 3.05) is 20.6 Å². The van der Waals surface area contributed by atoms with Crippen molar-refractivity contribution in [3.8, 4) is 0 Å². The predicted molar refractivity (Wildman–Crippen MR) is 93.7 cm³/mol. The van der Waals surface area contributed by atoms with Crippen LogP contribution >= 0.6 is 11.3 Å². The number of hydrogen-bond donors (Lipinski definition) is 0. The minimum Gasteiger partial charge on any atom is -0.329 e. The number of hydrogen-bond acceptors (Lipinski definition) is 4. The van der Waals surface area contributed by atoms with Gasteiger partial charge in [-0.1, -0.05) is 6.07 Å². The second-order valence-electron chi connectivity index (χ2n) is 6.36. The van der Waals surface area contributed by atoms with E-state index in [4.69, 9.17) is 4.98 Å². The number of aromatic nitrogens is 1. The van der Waals surface area contributed by atoms with Gasteiger partial charge in [0.05, 0.1) is 22.3 Å². The van der Waals surface area contributed by atoms with Crippen molar-refractivity contribution in [2.24, 2.45) is 0 Å². The van der Waals surface area contributed by atoms with Gasteiger partial charge >= 0.3 is 0 Å². The Balaban J connectivity index is 1.82. The van der Waals surface area contributed by atoms with Gasteiger partial charge in [-0.25, -0.2) is 0 Å². The smallest absolute Gasteiger partial charge is 0.264 e. The Kier molecular flexibility index (Phi) is 4.78. The van der Waals surface area contributed by atoms with E-state index in [9.17, 15) is 4.79 Å². The first-order valence-corrected chi connectivity index (χ1v) is 8.84. The molecule has 1 atom stereocenters. The molecule has 2 aromatic heterocycles. The van der Waals surface area contributed by atoms with E-state index in [0.717, 1.165) is 42.2 Å². The molecular weight excluding hydrogens is 306 g/mol. The van der Waals surface area contributed by atoms with Crippen LogP contribution < -0.4 is 0 Å². The molecular formula is C18H23N3OS. The molecule has 5 heteroatoms. The first kappa shape index (κ1) is 16.1. The van der Waals surface area contributed by atoms with E-state index in [2.05, 4.69) is 17.0 Å². The summed E-state index contributed by atoms with van der Waals surface area (Å²) in [5.74, 6) is 0.144. The lowest BCUT2D eigenvalue weighted by Gasteiger charge is -2.24. The van der Waals surface area contributed by atoms with E-state index in [0.29, 0.717) is 0 Å². The zero-order valence-corrected chi connectivity index (χ0v) is 14.8. The highest BCUT2D eigenvalue weighted by molar-refractivity contribution is 7.13. The lowest BCUT2D eigenvalue weighted by Crippen LogP contribution is -2.30. The van der Waals surface area contributed by atoms with Crippen molar-refractivity contribution in [3.05, 3.63) is 51.5 Å². The van der Waals surface area contributed by atoms with Gasteiger partial charge in [0.2, 0.25) is 0 Å². The maximum absolute atomic E-state index is 12.8. The van der Waals surface area contributed by atoms with Crippen LogP contribution in [-0.2, 0) is 6.54 Å². The predicted octanol–water partition coefficient (Wildman–Crippen LogP) is 3.49. The number of likely N-dealkylation sites (tertiary alicyclic amines) is 1. The molecule has 23 heavy (non-hydrogen) atoms. The Hall–Kier alpha value is -1.72. The second-order valence-corrected chi connectivity index (χ2v) is 7.65. The summed E-state index contributed by atoms with van der Waals surface area (Å²) in [7, 11) is 4.08. The number of carbonyl (C=O) groups excluding carboxylic acids is 1. The van der Waals surface area contributed by atoms with Crippen LogP contribution in [0, 0.1) is 6.92 Å². The summed E-state index contributed by atoms with van der Waals surface area (Å²) >= 11 is 1.57. The Morgan fingerprint density at radius 3 is 2.87 bits per heavy atom. The quantitative estimate of drug-likeness (QED) is 0.861. The molecule has 0 aromatic carbocycles. The van der Waals surface area contributed by atoms with Crippen molar-refractivity contribution >= 4 is 17.2 Å². The number of thiophene rings is 1. The first-order chi connectivity index (χ1) is 11.0. The maximum Gasteiger partial charge on any atom is 0.264 e. The third-order valence-electron chi connectivity index (χ3n) is 4.11. The van der Waals surface area contributed by atoms with Crippen LogP contribution in [0.3, 0.4) is 0 Å². The van der Waals surface area contributed by atoms with E-state index in [1.807, 2.05) is 44.1 Å². The average Bonchev–Trinajstić information content (AvgIpc) is 3.15. The molecule has 3 heterocycles. The fourth-order valence-corrected chi connectivity index (χ4v) is 3.93. The first-order valence-electron chi connectivity index (χ1n) is 8.02. The van der Waals surface area contributed by atoms with Crippen LogP contribution in [0.4, 0.5) is 0 Å². The summed E-state index contributed by atoms with van der Waals surface area (Å²) in [5, 5.41) is 0. The summed E-state index contributed by atoms with van der Waals surface area (Å²) in [4.78, 5) is 23.7. The van der Waals surface area contributed by atoms with Crippen molar-refractivity contribution in [1.82, 2.24) is 14.8 Å². The van der Waals surface area contributed by atoms with Gasteiger partial charge in [-0.3, -0.25) is 9.78 Å². The van der Waals surface area contributed by atoms with Crippen LogP contribution in [0.2, 0.25) is 0 Å². The molecule has 3 rings (SSSR count). The van der Waals surface area contributed by atoms with Gasteiger partial charge in [-0.2, -0.15) is 0 Å². The number of aryl methyl sites for hydroxylation is 1. The molecule has 2 aromatic rings. The highest BCUT2D eigenvalue weighted by Crippen LogP contribution is 2.33. The van der Waals surface area contributed by atoms with Crippen molar-refractivity contribution in [3.63, 3.8) is 0 Å². The monoisotopic (exact) mass is 329 g/mol. The zero-order valence-electron chi connectivity index (χ0n) is 14.0. The Bertz CT molecular complexity index is 695. The van der Waals surface area contributed by atoms with Crippen molar-refractivity contribution in [2.45, 2.75) is 32.4 Å². The summed E-state index contributed by atoms with van der Waals surface area (Å²) in [5.41, 5.74) is 2.07. The van der Waals surface area contributed by atoms with Gasteiger partial charge in [0.25, 0.3) is 5.91 Å². The molecule has 1 fully saturated rings. The highest BCUT2D eigenvalue weighted by Gasteiger charge is 2.32. The molecule has 1 aliphatic heterocycles. The van der Waals surface area contributed by atoms with E-state index in [1.165, 1.54) is 4.88 Å². The molecule has 1 amide bonds. The lowest BCUT2D eigenvalue weighted by molar-refractivity contribution is 0.0737. The van der Waals surface area contributed by atoms with Gasteiger partial charge in [0, 0.05) is 18.0 Å². The van der Waals surface area contributed by atoms with E-state index >= 15 is 0 Å². The number of rotatable bonds is 4. The zero-order chi connectivity index (χ0) is 16.4. The van der Waals surface area contributed by atoms with Crippen molar-refractivity contribution < 1.29 is 4.79 Å². The molecule has 0 radical (unpaired) electrons. The summed E-state index contributed by atoms with van der Waals surface area (Å²) < 4.78 is 0. The normalized spacial score (nSPS) is 17.9. The summed E-state index contributed by atoms with van der Waals surface area (Å²) in [6, 6.07) is 10.2. The minimum atomic E-state index is 0.104. The fourth-order valence-electron chi connectivity index (χ4n) is 3.10. The van der Waals surface area contributed by atoms with Crippen LogP contribution in [0.25, 0.3) is 0 Å². The van der Waals surface area contributed by atoms with Crippen molar-refractivity contribution in [1.29, 1.82) is 0 Å². The van der Waals surface area contributed by atoms with Gasteiger partial charge in [-0.05, 0) is 58.1 Å². The number of carbonyl (C=O) groups is 1. The SMILES string of the molecule is Cc1ccc(C(=O)N2CCC[C@@H]2c2cccc(CN(C)C)n2)s1. The Morgan fingerprint density at radius 1 is 1.35 bits per heavy atom. The molecule has 4 nitrogen and oxygen atoms in total. The summed E-state index contributed by atoms with van der Waals surface area (Å²) in [6.45, 7) is 3.67. The number of pyridine rings is 1. The van der Waals surface area contributed by atoms with Gasteiger partial charge in [-0.15, -0.1) is 11.3 Å². The van der Waals surface area contributed by atoms with Gasteiger partial charge < -0.3 is 9.80 Å². The molecule has 1 saturated heterocycles. The van der Waals surface area contributed by atoms with Gasteiger partial charge in [0.15, 0.2) is 0 Å². The Labute approximate surface area is 141 Å². The molecule has 0 unspecified atom stereocenters. The van der Waals surface area contributed by atoms with Gasteiger partial charge in [0.1, 0.15) is 0 Å². The average molecular weight is 329 g/mol. The van der Waals surface area contributed by atoms with E-state index in [1.54, 1.807) is 11.3 Å². The molecule has 0 N–H and O–H groups in total. The topological polar surface area (TPSA) is 36.4 Å². The molecule has 0 saturated carbocycles. The van der Waals surface area contributed by atoms with Crippen LogP contribution in [-0.4, -0.2) is 41.3 Å². The molecule has 0 spiro atoms. The maximum atomic E-state index is 12.8. The highest BCUT2D eigenvalue weighted by atomic mass is 32.1. The summed E-state index contributed by atoms with van der Waals surface area (Å²) in [6.07, 6.45) is 2.04. The standard InChI is InChI=1S/C18H23N3OS/c1-13-9-10-17(23-13)18(22)21-11-5-8-16(21)15-7-4-6-14(19-15)12-20(2)3/h4,6-7,9-10,16H,5,8,11-12H2,1-3H3/t16-/m1/s1. The number of nitrogens with zero attached hydrogens (tertiary/aromatic N) is 3. The molecule has 0 bridgehead atoms. The van der Waals surface area contributed by atoms with Crippen LogP contribution in [0.5, 0.6) is 0 Å². The van der Waals surface area contributed by atoms with E-state index in [-0.39, 0.29) is 11.9 Å². The molecule has 0 aliphatic carbocycles.